The van der Waals surface area contributed by atoms with Gasteiger partial charge in [0.1, 0.15) is 0 Å². The van der Waals surface area contributed by atoms with Gasteiger partial charge < -0.3 is 15.1 Å². The average molecular weight is 357 g/mol. The van der Waals surface area contributed by atoms with Crippen molar-refractivity contribution in [3.63, 3.8) is 0 Å². The first kappa shape index (κ1) is 16.2. The number of hydrogen-bond acceptors (Lipinski definition) is 8. The number of piperidine rings is 1. The Morgan fingerprint density at radius 3 is 2.23 bits per heavy atom. The molecule has 1 N–H and O–H groups in total. The quantitative estimate of drug-likeness (QED) is 0.893. The summed E-state index contributed by atoms with van der Waals surface area (Å²) in [5, 5.41) is 11.4. The Morgan fingerprint density at radius 1 is 0.808 bits per heavy atom. The highest BCUT2D eigenvalue weighted by atomic mass is 16.6. The molecule has 26 heavy (non-hydrogen) atoms. The summed E-state index contributed by atoms with van der Waals surface area (Å²) in [7, 11) is 0. The number of hydrogen-bond donors (Lipinski definition) is 1. The van der Waals surface area contributed by atoms with Gasteiger partial charge in [-0.1, -0.05) is 12.8 Å². The van der Waals surface area contributed by atoms with Gasteiger partial charge in [-0.2, -0.15) is 0 Å². The Bertz CT molecular complexity index is 743. The van der Waals surface area contributed by atoms with E-state index in [2.05, 4.69) is 30.4 Å². The molecule has 2 aliphatic heterocycles. The summed E-state index contributed by atoms with van der Waals surface area (Å²) in [5.41, 5.74) is 0.986. The van der Waals surface area contributed by atoms with E-state index in [1.807, 2.05) is 0 Å². The predicted molar refractivity (Wildman–Crippen MR) is 99.3 cm³/mol. The van der Waals surface area contributed by atoms with Gasteiger partial charge in [0.05, 0.1) is 0 Å². The van der Waals surface area contributed by atoms with Crippen LogP contribution < -0.4 is 10.2 Å². The zero-order valence-electron chi connectivity index (χ0n) is 15.2. The number of rotatable bonds is 4. The highest BCUT2D eigenvalue weighted by Gasteiger charge is 2.29. The summed E-state index contributed by atoms with van der Waals surface area (Å²) in [6.45, 7) is 4.59. The summed E-state index contributed by atoms with van der Waals surface area (Å²) in [5.74, 6) is 1.76. The van der Waals surface area contributed by atoms with Crippen LogP contribution in [0.4, 0.5) is 11.6 Å². The van der Waals surface area contributed by atoms with Crippen LogP contribution in [-0.4, -0.2) is 63.4 Å². The average Bonchev–Trinajstić information content (AvgIpc) is 3.43. The molecule has 3 fully saturated rings. The molecule has 0 unspecified atom stereocenters. The second kappa shape index (κ2) is 6.98. The first-order chi connectivity index (χ1) is 12.9. The molecule has 2 aromatic rings. The van der Waals surface area contributed by atoms with Gasteiger partial charge in [-0.15, -0.1) is 0 Å². The van der Waals surface area contributed by atoms with Crippen molar-refractivity contribution < 1.29 is 4.63 Å². The van der Waals surface area contributed by atoms with E-state index in [1.165, 1.54) is 64.5 Å². The second-order valence-corrected chi connectivity index (χ2v) is 7.89. The zero-order valence-corrected chi connectivity index (χ0v) is 15.2. The van der Waals surface area contributed by atoms with Crippen LogP contribution in [0, 0.1) is 0 Å². The maximum absolute atomic E-state index is 4.84. The van der Waals surface area contributed by atoms with Crippen LogP contribution in [0.25, 0.3) is 11.3 Å². The molecule has 0 spiro atoms. The molecule has 2 saturated heterocycles. The van der Waals surface area contributed by atoms with E-state index >= 15 is 0 Å². The van der Waals surface area contributed by atoms with E-state index in [0.29, 0.717) is 17.3 Å². The summed E-state index contributed by atoms with van der Waals surface area (Å²) in [6, 6.07) is 1.22. The number of nitrogens with zero attached hydrogens (tertiary/aromatic N) is 6. The van der Waals surface area contributed by atoms with Crippen molar-refractivity contribution in [1.82, 2.24) is 25.2 Å². The lowest BCUT2D eigenvalue weighted by Gasteiger charge is -2.37. The monoisotopic (exact) mass is 357 g/mol. The minimum absolute atomic E-state index is 0.487. The Balaban J connectivity index is 1.36. The molecule has 2 aromatic heterocycles. The highest BCUT2D eigenvalue weighted by molar-refractivity contribution is 5.74. The standard InChI is InChI=1S/C18H27N7O/c1-2-6-13(5-1)19-17-18(21-16-15(20-17)22-26-23-16)25-11-7-14(8-12-25)24-9-3-4-10-24/h13-14H,1-12H2,(H,19,20,22). The summed E-state index contributed by atoms with van der Waals surface area (Å²) in [4.78, 5) is 14.5. The topological polar surface area (TPSA) is 83.2 Å². The molecule has 4 heterocycles. The second-order valence-electron chi connectivity index (χ2n) is 7.89. The van der Waals surface area contributed by atoms with Gasteiger partial charge in [-0.05, 0) is 61.9 Å². The fourth-order valence-electron chi connectivity index (χ4n) is 4.76. The molecule has 1 saturated carbocycles. The lowest BCUT2D eigenvalue weighted by Crippen LogP contribution is -2.44. The largest absolute Gasteiger partial charge is 0.364 e. The molecule has 0 aromatic carbocycles. The maximum atomic E-state index is 4.84. The van der Waals surface area contributed by atoms with Crippen LogP contribution in [0.15, 0.2) is 4.63 Å². The molecule has 1 aliphatic carbocycles. The third kappa shape index (κ3) is 3.11. The molecule has 3 aliphatic rings. The molecule has 0 amide bonds. The number of nitrogens with one attached hydrogen (secondary N) is 1. The van der Waals surface area contributed by atoms with Crippen molar-refractivity contribution in [3.8, 4) is 0 Å². The van der Waals surface area contributed by atoms with Gasteiger partial charge in [0.15, 0.2) is 11.6 Å². The maximum Gasteiger partial charge on any atom is 0.245 e. The lowest BCUT2D eigenvalue weighted by molar-refractivity contribution is 0.207. The van der Waals surface area contributed by atoms with Gasteiger partial charge in [-0.25, -0.2) is 14.6 Å². The van der Waals surface area contributed by atoms with Gasteiger partial charge >= 0.3 is 0 Å². The Kier molecular flexibility index (Phi) is 4.36. The van der Waals surface area contributed by atoms with Crippen molar-refractivity contribution in [3.05, 3.63) is 0 Å². The molecule has 5 rings (SSSR count). The first-order valence-electron chi connectivity index (χ1n) is 10.1. The fraction of sp³-hybridized carbons (Fsp3) is 0.778. The first-order valence-corrected chi connectivity index (χ1v) is 10.1. The van der Waals surface area contributed by atoms with E-state index in [-0.39, 0.29) is 0 Å². The Morgan fingerprint density at radius 2 is 1.50 bits per heavy atom. The smallest absolute Gasteiger partial charge is 0.245 e. The van der Waals surface area contributed by atoms with Crippen LogP contribution >= 0.6 is 0 Å². The van der Waals surface area contributed by atoms with Crippen molar-refractivity contribution in [2.45, 2.75) is 63.5 Å². The molecule has 8 heteroatoms. The van der Waals surface area contributed by atoms with E-state index in [4.69, 9.17) is 9.61 Å². The van der Waals surface area contributed by atoms with Gasteiger partial charge in [0, 0.05) is 25.2 Å². The van der Waals surface area contributed by atoms with Crippen LogP contribution in [0.1, 0.15) is 51.4 Å². The van der Waals surface area contributed by atoms with Crippen molar-refractivity contribution in [2.24, 2.45) is 0 Å². The zero-order chi connectivity index (χ0) is 17.3. The van der Waals surface area contributed by atoms with Crippen molar-refractivity contribution >= 4 is 22.9 Å². The van der Waals surface area contributed by atoms with Gasteiger partial charge in [0.2, 0.25) is 11.3 Å². The van der Waals surface area contributed by atoms with E-state index < -0.39 is 0 Å². The fourth-order valence-corrected chi connectivity index (χ4v) is 4.76. The van der Waals surface area contributed by atoms with Gasteiger partial charge in [-0.3, -0.25) is 0 Å². The predicted octanol–water partition coefficient (Wildman–Crippen LogP) is 2.43. The number of anilines is 2. The highest BCUT2D eigenvalue weighted by Crippen LogP contribution is 2.31. The summed E-state index contributed by atoms with van der Waals surface area (Å²) < 4.78 is 4.84. The SMILES string of the molecule is C1CCC(Nc2nc3nonc3nc2N2CCC(N3CCCC3)CC2)C1. The van der Waals surface area contributed by atoms with E-state index in [1.54, 1.807) is 0 Å². The molecule has 0 bridgehead atoms. The van der Waals surface area contributed by atoms with Crippen molar-refractivity contribution in [1.29, 1.82) is 0 Å². The van der Waals surface area contributed by atoms with Crippen LogP contribution in [0.5, 0.6) is 0 Å². The molecule has 0 atom stereocenters. The molecule has 140 valence electrons. The third-order valence-electron chi connectivity index (χ3n) is 6.21. The van der Waals surface area contributed by atoms with E-state index in [0.717, 1.165) is 30.8 Å². The molecular weight excluding hydrogens is 330 g/mol. The minimum Gasteiger partial charge on any atom is -0.364 e. The molecule has 8 nitrogen and oxygen atoms in total. The third-order valence-corrected chi connectivity index (χ3v) is 6.21. The number of likely N-dealkylation sites (tertiary alicyclic amines) is 1. The number of aromatic nitrogens is 4. The summed E-state index contributed by atoms with van der Waals surface area (Å²) in [6.07, 6.45) is 10.1. The van der Waals surface area contributed by atoms with Crippen LogP contribution in [0.3, 0.4) is 0 Å². The van der Waals surface area contributed by atoms with E-state index in [9.17, 15) is 0 Å². The summed E-state index contributed by atoms with van der Waals surface area (Å²) >= 11 is 0. The Labute approximate surface area is 153 Å². The number of fused-ring (bicyclic) bond motifs is 1. The molecular formula is C18H27N7O. The normalized spacial score (nSPS) is 23.3. The van der Waals surface area contributed by atoms with Crippen LogP contribution in [0.2, 0.25) is 0 Å². The van der Waals surface area contributed by atoms with Crippen molar-refractivity contribution in [2.75, 3.05) is 36.4 Å². The Hall–Kier alpha value is -1.96. The van der Waals surface area contributed by atoms with Gasteiger partial charge in [0.25, 0.3) is 0 Å². The van der Waals surface area contributed by atoms with Crippen LogP contribution in [-0.2, 0) is 0 Å². The lowest BCUT2D eigenvalue weighted by atomic mass is 10.0. The molecule has 0 radical (unpaired) electrons. The minimum atomic E-state index is 0.487.